The first kappa shape index (κ1) is 11.1. The molecule has 0 atom stereocenters. The number of anilines is 2. The number of rotatable bonds is 5. The second-order valence-corrected chi connectivity index (χ2v) is 3.75. The summed E-state index contributed by atoms with van der Waals surface area (Å²) in [6, 6.07) is 0. The van der Waals surface area contributed by atoms with E-state index in [4.69, 9.17) is 4.74 Å². The van der Waals surface area contributed by atoms with Gasteiger partial charge >= 0.3 is 0 Å². The molecule has 1 aromatic rings. The molecule has 1 N–H and O–H groups in total. The first-order valence-electron chi connectivity index (χ1n) is 5.57. The first-order valence-corrected chi connectivity index (χ1v) is 5.57. The maximum Gasteiger partial charge on any atom is 0.244 e. The molecule has 1 saturated heterocycles. The molecule has 16 heavy (non-hydrogen) atoms. The van der Waals surface area contributed by atoms with Crippen LogP contribution in [0.5, 0.6) is 0 Å². The van der Waals surface area contributed by atoms with Crippen molar-refractivity contribution in [1.82, 2.24) is 15.2 Å². The fraction of sp³-hybridized carbons (Fsp3) is 0.700. The smallest absolute Gasteiger partial charge is 0.244 e. The Kier molecular flexibility index (Phi) is 3.87. The summed E-state index contributed by atoms with van der Waals surface area (Å²) in [6.07, 6.45) is 4.18. The molecule has 1 aromatic heterocycles. The largest absolute Gasteiger partial charge is 0.383 e. The van der Waals surface area contributed by atoms with Crippen LogP contribution in [0, 0.1) is 0 Å². The maximum absolute atomic E-state index is 4.94. The van der Waals surface area contributed by atoms with Crippen LogP contribution in [0.3, 0.4) is 0 Å². The lowest BCUT2D eigenvalue weighted by Crippen LogP contribution is -2.20. The highest BCUT2D eigenvalue weighted by Crippen LogP contribution is 2.16. The van der Waals surface area contributed by atoms with E-state index in [1.165, 1.54) is 12.8 Å². The zero-order valence-electron chi connectivity index (χ0n) is 9.52. The monoisotopic (exact) mass is 223 g/mol. The Bertz CT molecular complexity index is 327. The van der Waals surface area contributed by atoms with Crippen molar-refractivity contribution in [1.29, 1.82) is 0 Å². The molecule has 88 valence electrons. The van der Waals surface area contributed by atoms with E-state index in [-0.39, 0.29) is 0 Å². The summed E-state index contributed by atoms with van der Waals surface area (Å²) in [4.78, 5) is 6.64. The Morgan fingerprint density at radius 2 is 2.25 bits per heavy atom. The molecule has 0 radical (unpaired) electrons. The molecule has 0 aromatic carbocycles. The lowest BCUT2D eigenvalue weighted by Gasteiger charge is -2.15. The van der Waals surface area contributed by atoms with Gasteiger partial charge in [0.05, 0.1) is 12.8 Å². The number of aromatic nitrogens is 3. The van der Waals surface area contributed by atoms with Gasteiger partial charge in [-0.1, -0.05) is 0 Å². The van der Waals surface area contributed by atoms with E-state index in [0.717, 1.165) is 18.9 Å². The van der Waals surface area contributed by atoms with E-state index in [1.807, 2.05) is 0 Å². The van der Waals surface area contributed by atoms with Crippen LogP contribution in [-0.4, -0.2) is 48.5 Å². The van der Waals surface area contributed by atoms with Crippen molar-refractivity contribution in [3.05, 3.63) is 6.20 Å². The van der Waals surface area contributed by atoms with Crippen molar-refractivity contribution < 1.29 is 4.74 Å². The minimum Gasteiger partial charge on any atom is -0.383 e. The average Bonchev–Trinajstić information content (AvgIpc) is 2.83. The second kappa shape index (κ2) is 5.60. The quantitative estimate of drug-likeness (QED) is 0.735. The standard InChI is InChI=1S/C10H17N5O/c1-16-7-4-11-10-13-9(8-12-14-10)15-5-2-3-6-15/h8H,2-7H2,1H3,(H,11,13,14). The third-order valence-electron chi connectivity index (χ3n) is 2.57. The summed E-state index contributed by atoms with van der Waals surface area (Å²) in [6.45, 7) is 3.46. The third-order valence-corrected chi connectivity index (χ3v) is 2.57. The summed E-state index contributed by atoms with van der Waals surface area (Å²) in [7, 11) is 1.67. The van der Waals surface area contributed by atoms with Crippen LogP contribution in [-0.2, 0) is 4.74 Å². The normalized spacial score (nSPS) is 15.4. The van der Waals surface area contributed by atoms with Crippen LogP contribution in [0.1, 0.15) is 12.8 Å². The molecule has 0 aliphatic carbocycles. The van der Waals surface area contributed by atoms with Gasteiger partial charge in [0.2, 0.25) is 5.95 Å². The zero-order chi connectivity index (χ0) is 11.2. The van der Waals surface area contributed by atoms with Crippen LogP contribution in [0.25, 0.3) is 0 Å². The number of nitrogens with zero attached hydrogens (tertiary/aromatic N) is 4. The minimum atomic E-state index is 0.571. The first-order chi connectivity index (χ1) is 7.90. The number of hydrogen-bond acceptors (Lipinski definition) is 6. The van der Waals surface area contributed by atoms with Crippen LogP contribution < -0.4 is 10.2 Å². The lowest BCUT2D eigenvalue weighted by atomic mass is 10.4. The van der Waals surface area contributed by atoms with Crippen LogP contribution in [0.15, 0.2) is 6.20 Å². The Balaban J connectivity index is 1.95. The molecule has 2 rings (SSSR count). The molecule has 2 heterocycles. The van der Waals surface area contributed by atoms with Crippen molar-refractivity contribution in [2.75, 3.05) is 43.6 Å². The molecule has 1 fully saturated rings. The van der Waals surface area contributed by atoms with Gasteiger partial charge in [-0.25, -0.2) is 0 Å². The zero-order valence-corrected chi connectivity index (χ0v) is 9.52. The summed E-state index contributed by atoms with van der Waals surface area (Å²) in [5.74, 6) is 1.48. The highest BCUT2D eigenvalue weighted by atomic mass is 16.5. The summed E-state index contributed by atoms with van der Waals surface area (Å²) >= 11 is 0. The summed E-state index contributed by atoms with van der Waals surface area (Å²) < 4.78 is 4.94. The second-order valence-electron chi connectivity index (χ2n) is 3.75. The molecule has 0 saturated carbocycles. The molecule has 0 unspecified atom stereocenters. The maximum atomic E-state index is 4.94. The number of nitrogens with one attached hydrogen (secondary N) is 1. The Morgan fingerprint density at radius 3 is 3.00 bits per heavy atom. The Labute approximate surface area is 95.0 Å². The summed E-state index contributed by atoms with van der Waals surface area (Å²) in [5.41, 5.74) is 0. The molecule has 0 bridgehead atoms. The van der Waals surface area contributed by atoms with Gasteiger partial charge in [0.25, 0.3) is 0 Å². The van der Waals surface area contributed by atoms with Crippen molar-refractivity contribution in [3.63, 3.8) is 0 Å². The molecule has 0 amide bonds. The van der Waals surface area contributed by atoms with E-state index in [9.17, 15) is 0 Å². The van der Waals surface area contributed by atoms with Gasteiger partial charge in [-0.05, 0) is 12.8 Å². The van der Waals surface area contributed by atoms with Crippen LogP contribution >= 0.6 is 0 Å². The molecule has 0 spiro atoms. The SMILES string of the molecule is COCCNc1nncc(N2CCCC2)n1. The number of ether oxygens (including phenoxy) is 1. The van der Waals surface area contributed by atoms with Crippen LogP contribution in [0.2, 0.25) is 0 Å². The lowest BCUT2D eigenvalue weighted by molar-refractivity contribution is 0.210. The predicted molar refractivity (Wildman–Crippen MR) is 61.6 cm³/mol. The number of methoxy groups -OCH3 is 1. The van der Waals surface area contributed by atoms with E-state index in [1.54, 1.807) is 13.3 Å². The van der Waals surface area contributed by atoms with Crippen molar-refractivity contribution in [2.45, 2.75) is 12.8 Å². The third kappa shape index (κ3) is 2.79. The highest BCUT2D eigenvalue weighted by molar-refractivity contribution is 5.40. The predicted octanol–water partition coefficient (Wildman–Crippen LogP) is 0.530. The van der Waals surface area contributed by atoms with Gasteiger partial charge in [0.1, 0.15) is 0 Å². The molecule has 6 heteroatoms. The van der Waals surface area contributed by atoms with Crippen molar-refractivity contribution in [3.8, 4) is 0 Å². The van der Waals surface area contributed by atoms with E-state index in [0.29, 0.717) is 19.1 Å². The molecule has 6 nitrogen and oxygen atoms in total. The van der Waals surface area contributed by atoms with Gasteiger partial charge in [0.15, 0.2) is 5.82 Å². The Morgan fingerprint density at radius 1 is 1.44 bits per heavy atom. The van der Waals surface area contributed by atoms with E-state index >= 15 is 0 Å². The Hall–Kier alpha value is -1.43. The van der Waals surface area contributed by atoms with E-state index < -0.39 is 0 Å². The van der Waals surface area contributed by atoms with Gasteiger partial charge in [-0.3, -0.25) is 0 Å². The molecule has 1 aliphatic heterocycles. The fourth-order valence-corrected chi connectivity index (χ4v) is 1.73. The van der Waals surface area contributed by atoms with Crippen LogP contribution in [0.4, 0.5) is 11.8 Å². The van der Waals surface area contributed by atoms with E-state index in [2.05, 4.69) is 25.4 Å². The minimum absolute atomic E-state index is 0.571. The van der Waals surface area contributed by atoms with Gasteiger partial charge in [-0.2, -0.15) is 10.1 Å². The van der Waals surface area contributed by atoms with Crippen molar-refractivity contribution in [2.24, 2.45) is 0 Å². The number of hydrogen-bond donors (Lipinski definition) is 1. The highest BCUT2D eigenvalue weighted by Gasteiger charge is 2.14. The molecular weight excluding hydrogens is 206 g/mol. The summed E-state index contributed by atoms with van der Waals surface area (Å²) in [5, 5.41) is 11.0. The van der Waals surface area contributed by atoms with Crippen molar-refractivity contribution >= 4 is 11.8 Å². The topological polar surface area (TPSA) is 63.2 Å². The van der Waals surface area contributed by atoms with Gasteiger partial charge in [-0.15, -0.1) is 5.10 Å². The van der Waals surface area contributed by atoms with Gasteiger partial charge in [0, 0.05) is 26.7 Å². The fourth-order valence-electron chi connectivity index (χ4n) is 1.73. The van der Waals surface area contributed by atoms with Gasteiger partial charge < -0.3 is 15.0 Å². The average molecular weight is 223 g/mol. The molecular formula is C10H17N5O. The molecule has 1 aliphatic rings.